The van der Waals surface area contributed by atoms with E-state index in [1.807, 2.05) is 6.07 Å². The number of hydrogen-bond donors (Lipinski definition) is 2. The van der Waals surface area contributed by atoms with Gasteiger partial charge >= 0.3 is 0 Å². The quantitative estimate of drug-likeness (QED) is 0.858. The zero-order valence-electron chi connectivity index (χ0n) is 10.5. The van der Waals surface area contributed by atoms with Crippen molar-refractivity contribution in [2.75, 3.05) is 12.4 Å². The Labute approximate surface area is 107 Å². The highest BCUT2D eigenvalue weighted by molar-refractivity contribution is 5.60. The monoisotopic (exact) mass is 246 g/mol. The van der Waals surface area contributed by atoms with Crippen LogP contribution < -0.4 is 10.1 Å². The first kappa shape index (κ1) is 12.7. The van der Waals surface area contributed by atoms with Gasteiger partial charge in [0.15, 0.2) is 0 Å². The normalized spacial score (nSPS) is 23.2. The first-order chi connectivity index (χ1) is 8.72. The number of anilines is 1. The van der Waals surface area contributed by atoms with Crippen LogP contribution in [0.5, 0.6) is 5.75 Å². The van der Waals surface area contributed by atoms with E-state index in [-0.39, 0.29) is 6.10 Å². The van der Waals surface area contributed by atoms with E-state index in [1.54, 1.807) is 19.2 Å². The van der Waals surface area contributed by atoms with Gasteiger partial charge in [-0.2, -0.15) is 5.26 Å². The Morgan fingerprint density at radius 1 is 1.33 bits per heavy atom. The second-order valence-corrected chi connectivity index (χ2v) is 4.67. The van der Waals surface area contributed by atoms with Gasteiger partial charge in [0.25, 0.3) is 0 Å². The number of hydrogen-bond acceptors (Lipinski definition) is 4. The van der Waals surface area contributed by atoms with Gasteiger partial charge in [-0.15, -0.1) is 0 Å². The maximum absolute atomic E-state index is 9.48. The first-order valence-corrected chi connectivity index (χ1v) is 6.25. The van der Waals surface area contributed by atoms with E-state index >= 15 is 0 Å². The smallest absolute Gasteiger partial charge is 0.121 e. The van der Waals surface area contributed by atoms with Crippen LogP contribution in [0.15, 0.2) is 18.2 Å². The van der Waals surface area contributed by atoms with Gasteiger partial charge < -0.3 is 15.2 Å². The Bertz CT molecular complexity index is 446. The van der Waals surface area contributed by atoms with Crippen molar-refractivity contribution < 1.29 is 9.84 Å². The molecule has 1 aromatic carbocycles. The van der Waals surface area contributed by atoms with Gasteiger partial charge in [0, 0.05) is 12.1 Å². The predicted molar refractivity (Wildman–Crippen MR) is 69.6 cm³/mol. The Balaban J connectivity index is 2.10. The van der Waals surface area contributed by atoms with Gasteiger partial charge in [0.2, 0.25) is 0 Å². The van der Waals surface area contributed by atoms with Crippen LogP contribution in [0.3, 0.4) is 0 Å². The molecular weight excluding hydrogens is 228 g/mol. The Hall–Kier alpha value is -1.73. The molecular formula is C14H18N2O2. The number of aliphatic hydroxyl groups excluding tert-OH is 1. The number of rotatable bonds is 3. The zero-order chi connectivity index (χ0) is 13.0. The van der Waals surface area contributed by atoms with E-state index < -0.39 is 0 Å². The molecule has 1 aromatic rings. The summed E-state index contributed by atoms with van der Waals surface area (Å²) < 4.78 is 5.17. The van der Waals surface area contributed by atoms with E-state index in [1.165, 1.54) is 0 Å². The molecule has 1 aliphatic carbocycles. The van der Waals surface area contributed by atoms with Crippen molar-refractivity contribution in [1.29, 1.82) is 5.26 Å². The second-order valence-electron chi connectivity index (χ2n) is 4.67. The van der Waals surface area contributed by atoms with Gasteiger partial charge in [0.1, 0.15) is 11.8 Å². The van der Waals surface area contributed by atoms with E-state index in [0.29, 0.717) is 11.6 Å². The molecule has 0 aromatic heterocycles. The first-order valence-electron chi connectivity index (χ1n) is 6.25. The summed E-state index contributed by atoms with van der Waals surface area (Å²) in [6.45, 7) is 0. The van der Waals surface area contributed by atoms with Crippen molar-refractivity contribution in [2.24, 2.45) is 0 Å². The molecule has 1 aliphatic rings. The Morgan fingerprint density at radius 2 is 2.06 bits per heavy atom. The minimum atomic E-state index is -0.163. The second kappa shape index (κ2) is 5.74. The lowest BCUT2D eigenvalue weighted by Gasteiger charge is -2.27. The van der Waals surface area contributed by atoms with Crippen molar-refractivity contribution in [1.82, 2.24) is 0 Å². The van der Waals surface area contributed by atoms with Crippen molar-refractivity contribution in [2.45, 2.75) is 37.8 Å². The molecule has 0 atom stereocenters. The van der Waals surface area contributed by atoms with Crippen LogP contribution in [-0.2, 0) is 0 Å². The van der Waals surface area contributed by atoms with Gasteiger partial charge in [-0.1, -0.05) is 0 Å². The summed E-state index contributed by atoms with van der Waals surface area (Å²) in [4.78, 5) is 0. The molecule has 1 fully saturated rings. The molecule has 96 valence electrons. The van der Waals surface area contributed by atoms with Crippen LogP contribution in [0.25, 0.3) is 0 Å². The largest absolute Gasteiger partial charge is 0.497 e. The van der Waals surface area contributed by atoms with E-state index in [4.69, 9.17) is 10.00 Å². The average Bonchev–Trinajstić information content (AvgIpc) is 2.41. The summed E-state index contributed by atoms with van der Waals surface area (Å²) in [6.07, 6.45) is 3.35. The molecule has 1 saturated carbocycles. The lowest BCUT2D eigenvalue weighted by atomic mass is 9.93. The molecule has 0 bridgehead atoms. The van der Waals surface area contributed by atoms with Gasteiger partial charge in [-0.3, -0.25) is 0 Å². The molecule has 18 heavy (non-hydrogen) atoms. The average molecular weight is 246 g/mol. The molecule has 2 rings (SSSR count). The minimum absolute atomic E-state index is 0.163. The van der Waals surface area contributed by atoms with E-state index in [0.717, 1.165) is 37.1 Å². The number of nitrogens with zero attached hydrogens (tertiary/aromatic N) is 1. The molecule has 0 unspecified atom stereocenters. The lowest BCUT2D eigenvalue weighted by molar-refractivity contribution is 0.126. The molecule has 0 heterocycles. The Morgan fingerprint density at radius 3 is 2.67 bits per heavy atom. The van der Waals surface area contributed by atoms with Crippen LogP contribution in [-0.4, -0.2) is 24.4 Å². The highest BCUT2D eigenvalue weighted by Gasteiger charge is 2.20. The van der Waals surface area contributed by atoms with Gasteiger partial charge in [-0.05, 0) is 37.8 Å². The molecule has 0 radical (unpaired) electrons. The molecule has 0 saturated heterocycles. The maximum Gasteiger partial charge on any atom is 0.121 e. The summed E-state index contributed by atoms with van der Waals surface area (Å²) in [5.74, 6) is 0.743. The fourth-order valence-electron chi connectivity index (χ4n) is 2.31. The zero-order valence-corrected chi connectivity index (χ0v) is 10.5. The number of methoxy groups -OCH3 is 1. The summed E-state index contributed by atoms with van der Waals surface area (Å²) >= 11 is 0. The van der Waals surface area contributed by atoms with Crippen LogP contribution in [0.1, 0.15) is 31.2 Å². The molecule has 0 amide bonds. The van der Waals surface area contributed by atoms with Crippen LogP contribution in [0.4, 0.5) is 5.69 Å². The number of ether oxygens (including phenoxy) is 1. The third-order valence-electron chi connectivity index (χ3n) is 3.40. The summed E-state index contributed by atoms with van der Waals surface area (Å²) in [5.41, 5.74) is 1.44. The molecule has 0 spiro atoms. The third-order valence-corrected chi connectivity index (χ3v) is 3.40. The SMILES string of the molecule is COc1ccc(C#N)c(NC2CCC(O)CC2)c1. The van der Waals surface area contributed by atoms with Crippen molar-refractivity contribution in [3.05, 3.63) is 23.8 Å². The maximum atomic E-state index is 9.48. The number of aliphatic hydroxyl groups is 1. The third kappa shape index (κ3) is 2.93. The molecule has 4 heteroatoms. The molecule has 2 N–H and O–H groups in total. The van der Waals surface area contributed by atoms with Crippen LogP contribution in [0.2, 0.25) is 0 Å². The number of nitrogens with one attached hydrogen (secondary N) is 1. The highest BCUT2D eigenvalue weighted by Crippen LogP contribution is 2.26. The minimum Gasteiger partial charge on any atom is -0.497 e. The summed E-state index contributed by atoms with van der Waals surface area (Å²) in [7, 11) is 1.61. The van der Waals surface area contributed by atoms with Crippen LogP contribution in [0, 0.1) is 11.3 Å². The Kier molecular flexibility index (Phi) is 4.06. The van der Waals surface area contributed by atoms with Crippen molar-refractivity contribution in [3.63, 3.8) is 0 Å². The highest BCUT2D eigenvalue weighted by atomic mass is 16.5. The van der Waals surface area contributed by atoms with Crippen molar-refractivity contribution >= 4 is 5.69 Å². The van der Waals surface area contributed by atoms with Crippen LogP contribution >= 0.6 is 0 Å². The number of nitriles is 1. The standard InChI is InChI=1S/C14H18N2O2/c1-18-13-7-2-10(9-15)14(8-13)16-11-3-5-12(17)6-4-11/h2,7-8,11-12,16-17H,3-6H2,1H3. The van der Waals surface area contributed by atoms with Gasteiger partial charge in [-0.25, -0.2) is 0 Å². The summed E-state index contributed by atoms with van der Waals surface area (Å²) in [6, 6.07) is 7.90. The molecule has 0 aliphatic heterocycles. The summed E-state index contributed by atoms with van der Waals surface area (Å²) in [5, 5.41) is 21.9. The van der Waals surface area contributed by atoms with E-state index in [9.17, 15) is 5.11 Å². The van der Waals surface area contributed by atoms with E-state index in [2.05, 4.69) is 11.4 Å². The predicted octanol–water partition coefficient (Wildman–Crippen LogP) is 2.28. The van der Waals surface area contributed by atoms with Gasteiger partial charge in [0.05, 0.1) is 24.5 Å². The fraction of sp³-hybridized carbons (Fsp3) is 0.500. The lowest BCUT2D eigenvalue weighted by Crippen LogP contribution is -2.28. The molecule has 4 nitrogen and oxygen atoms in total. The topological polar surface area (TPSA) is 65.3 Å². The van der Waals surface area contributed by atoms with Crippen molar-refractivity contribution in [3.8, 4) is 11.8 Å². The fourth-order valence-corrected chi connectivity index (χ4v) is 2.31. The number of benzene rings is 1.